The summed E-state index contributed by atoms with van der Waals surface area (Å²) < 4.78 is 5.61. The van der Waals surface area contributed by atoms with Gasteiger partial charge in [0.15, 0.2) is 0 Å². The van der Waals surface area contributed by atoms with Crippen molar-refractivity contribution in [3.05, 3.63) is 23.8 Å². The highest BCUT2D eigenvalue weighted by atomic mass is 32.2. The van der Waals surface area contributed by atoms with Crippen LogP contribution >= 0.6 is 11.8 Å². The van der Waals surface area contributed by atoms with E-state index in [4.69, 9.17) is 4.74 Å². The Labute approximate surface area is 116 Å². The zero-order chi connectivity index (χ0) is 13.5. The van der Waals surface area contributed by atoms with Crippen LogP contribution in [0.1, 0.15) is 22.6 Å². The van der Waals surface area contributed by atoms with E-state index in [9.17, 15) is 4.79 Å². The highest BCUT2D eigenvalue weighted by molar-refractivity contribution is 8.01. The van der Waals surface area contributed by atoms with E-state index in [1.807, 2.05) is 23.6 Å². The number of aromatic nitrogens is 2. The number of methoxy groups -OCH3 is 1. The first-order valence-electron chi connectivity index (χ1n) is 6.37. The predicted molar refractivity (Wildman–Crippen MR) is 73.3 cm³/mol. The summed E-state index contributed by atoms with van der Waals surface area (Å²) in [6.07, 6.45) is 4.56. The fourth-order valence-corrected chi connectivity index (χ4v) is 4.22. The fraction of sp³-hybridized carbons (Fsp3) is 0.615. The fourth-order valence-electron chi connectivity index (χ4n) is 2.63. The maximum Gasteiger partial charge on any atom is 0.274 e. The average molecular weight is 279 g/mol. The van der Waals surface area contributed by atoms with Crippen LogP contribution in [0.5, 0.6) is 0 Å². The molecule has 0 N–H and O–H groups in total. The summed E-state index contributed by atoms with van der Waals surface area (Å²) in [5, 5.41) is 0. The molecule has 2 saturated heterocycles. The molecule has 1 amide bonds. The van der Waals surface area contributed by atoms with Crippen LogP contribution in [0.3, 0.4) is 0 Å². The largest absolute Gasteiger partial charge is 0.381 e. The third kappa shape index (κ3) is 2.34. The summed E-state index contributed by atoms with van der Waals surface area (Å²) in [7, 11) is 1.76. The van der Waals surface area contributed by atoms with Gasteiger partial charge in [0, 0.05) is 32.1 Å². The molecule has 0 unspecified atom stereocenters. The molecule has 0 saturated carbocycles. The molecule has 0 aliphatic carbocycles. The van der Waals surface area contributed by atoms with Crippen molar-refractivity contribution < 1.29 is 9.53 Å². The summed E-state index contributed by atoms with van der Waals surface area (Å²) in [5.41, 5.74) is 1.26. The van der Waals surface area contributed by atoms with Gasteiger partial charge in [-0.05, 0) is 13.3 Å². The lowest BCUT2D eigenvalue weighted by Crippen LogP contribution is -2.60. The Morgan fingerprint density at radius 2 is 2.26 bits per heavy atom. The van der Waals surface area contributed by atoms with Crippen molar-refractivity contribution in [3.8, 4) is 0 Å². The van der Waals surface area contributed by atoms with E-state index in [2.05, 4.69) is 9.97 Å². The van der Waals surface area contributed by atoms with Gasteiger partial charge in [-0.2, -0.15) is 0 Å². The van der Waals surface area contributed by atoms with Crippen LogP contribution in [0.2, 0.25) is 0 Å². The molecule has 1 aromatic rings. The molecule has 102 valence electrons. The zero-order valence-electron chi connectivity index (χ0n) is 11.1. The average Bonchev–Trinajstić information content (AvgIpc) is 2.81. The first kappa shape index (κ1) is 12.9. The van der Waals surface area contributed by atoms with Gasteiger partial charge in [-0.15, -0.1) is 11.8 Å². The first-order chi connectivity index (χ1) is 9.12. The Morgan fingerprint density at radius 3 is 2.84 bits per heavy atom. The summed E-state index contributed by atoms with van der Waals surface area (Å²) in [4.78, 5) is 22.3. The predicted octanol–water partition coefficient (Wildman–Crippen LogP) is 1.13. The van der Waals surface area contributed by atoms with Gasteiger partial charge in [0.05, 0.1) is 22.7 Å². The minimum absolute atomic E-state index is 0.0143. The van der Waals surface area contributed by atoms with Crippen molar-refractivity contribution in [2.75, 3.05) is 26.0 Å². The summed E-state index contributed by atoms with van der Waals surface area (Å²) in [6.45, 7) is 3.46. The summed E-state index contributed by atoms with van der Waals surface area (Å²) in [5.74, 6) is 1.02. The number of nitrogens with zero attached hydrogens (tertiary/aromatic N) is 3. The van der Waals surface area contributed by atoms with Crippen molar-refractivity contribution in [3.63, 3.8) is 0 Å². The van der Waals surface area contributed by atoms with E-state index < -0.39 is 0 Å². The van der Waals surface area contributed by atoms with E-state index in [0.29, 0.717) is 11.8 Å². The highest BCUT2D eigenvalue weighted by Crippen LogP contribution is 2.46. The van der Waals surface area contributed by atoms with Gasteiger partial charge < -0.3 is 9.64 Å². The van der Waals surface area contributed by atoms with Gasteiger partial charge in [0.25, 0.3) is 5.91 Å². The van der Waals surface area contributed by atoms with Crippen LogP contribution in [-0.4, -0.2) is 57.6 Å². The normalized spacial score (nSPS) is 24.5. The number of thioether (sulfide) groups is 1. The monoisotopic (exact) mass is 279 g/mol. The number of carbonyl (C=O) groups excluding carboxylic acids is 1. The topological polar surface area (TPSA) is 55.3 Å². The number of hydrogen-bond acceptors (Lipinski definition) is 5. The number of amides is 1. The molecule has 2 aliphatic heterocycles. The second kappa shape index (κ2) is 4.76. The Balaban J connectivity index is 1.61. The Hall–Kier alpha value is -1.14. The summed E-state index contributed by atoms with van der Waals surface area (Å²) >= 11 is 1.93. The van der Waals surface area contributed by atoms with Crippen LogP contribution in [0.15, 0.2) is 12.4 Å². The van der Waals surface area contributed by atoms with E-state index in [1.54, 1.807) is 19.5 Å². The molecule has 6 heteroatoms. The second-order valence-electron chi connectivity index (χ2n) is 5.26. The molecule has 3 rings (SSSR count). The van der Waals surface area contributed by atoms with Gasteiger partial charge in [0.1, 0.15) is 5.69 Å². The first-order valence-corrected chi connectivity index (χ1v) is 7.35. The molecule has 19 heavy (non-hydrogen) atoms. The van der Waals surface area contributed by atoms with Gasteiger partial charge >= 0.3 is 0 Å². The standard InChI is InChI=1S/C13H17N3O2S/c1-9-4-15-11(5-14-9)12(17)16-7-13(8-16)3-10(18-2)6-19-13/h4-5,10H,3,6-8H2,1-2H3/t10-/m1/s1. The third-order valence-corrected chi connectivity index (χ3v) is 5.33. The van der Waals surface area contributed by atoms with Crippen molar-refractivity contribution in [2.45, 2.75) is 24.2 Å². The molecule has 0 bridgehead atoms. The third-order valence-electron chi connectivity index (χ3n) is 3.75. The van der Waals surface area contributed by atoms with Gasteiger partial charge in [-0.25, -0.2) is 4.98 Å². The van der Waals surface area contributed by atoms with Crippen LogP contribution in [-0.2, 0) is 4.74 Å². The molecular formula is C13H17N3O2S. The molecule has 2 fully saturated rings. The molecule has 3 heterocycles. The van der Waals surface area contributed by atoms with E-state index >= 15 is 0 Å². The van der Waals surface area contributed by atoms with Crippen molar-refractivity contribution in [1.82, 2.24) is 14.9 Å². The van der Waals surface area contributed by atoms with Crippen LogP contribution in [0.4, 0.5) is 0 Å². The molecule has 1 spiro atoms. The van der Waals surface area contributed by atoms with Crippen molar-refractivity contribution in [1.29, 1.82) is 0 Å². The Morgan fingerprint density at radius 1 is 1.47 bits per heavy atom. The number of likely N-dealkylation sites (tertiary alicyclic amines) is 1. The van der Waals surface area contributed by atoms with Crippen molar-refractivity contribution in [2.24, 2.45) is 0 Å². The number of ether oxygens (including phenoxy) is 1. The van der Waals surface area contributed by atoms with Crippen molar-refractivity contribution >= 4 is 17.7 Å². The second-order valence-corrected chi connectivity index (χ2v) is 6.75. The lowest BCUT2D eigenvalue weighted by Gasteiger charge is -2.47. The van der Waals surface area contributed by atoms with E-state index in [0.717, 1.165) is 31.0 Å². The minimum atomic E-state index is -0.0143. The quantitative estimate of drug-likeness (QED) is 0.812. The molecule has 5 nitrogen and oxygen atoms in total. The van der Waals surface area contributed by atoms with Crippen LogP contribution in [0, 0.1) is 6.92 Å². The Bertz CT molecular complexity index is 485. The lowest BCUT2D eigenvalue weighted by molar-refractivity contribution is 0.0446. The van der Waals surface area contributed by atoms with Crippen LogP contribution < -0.4 is 0 Å². The molecular weight excluding hydrogens is 262 g/mol. The van der Waals surface area contributed by atoms with Crippen LogP contribution in [0.25, 0.3) is 0 Å². The number of hydrogen-bond donors (Lipinski definition) is 0. The number of aryl methyl sites for hydroxylation is 1. The van der Waals surface area contributed by atoms with Gasteiger partial charge in [-0.1, -0.05) is 0 Å². The van der Waals surface area contributed by atoms with E-state index in [1.165, 1.54) is 0 Å². The summed E-state index contributed by atoms with van der Waals surface area (Å²) in [6, 6.07) is 0. The molecule has 1 aromatic heterocycles. The molecule has 2 aliphatic rings. The van der Waals surface area contributed by atoms with Gasteiger partial charge in [-0.3, -0.25) is 9.78 Å². The number of rotatable bonds is 2. The Kier molecular flexibility index (Phi) is 3.22. The highest BCUT2D eigenvalue weighted by Gasteiger charge is 2.50. The molecule has 1 atom stereocenters. The molecule has 0 radical (unpaired) electrons. The minimum Gasteiger partial charge on any atom is -0.381 e. The zero-order valence-corrected chi connectivity index (χ0v) is 11.9. The van der Waals surface area contributed by atoms with Gasteiger partial charge in [0.2, 0.25) is 0 Å². The maximum atomic E-state index is 12.2. The maximum absolute atomic E-state index is 12.2. The lowest BCUT2D eigenvalue weighted by atomic mass is 9.92. The SMILES string of the molecule is CO[C@H]1CSC2(C1)CN(C(=O)c1cnc(C)cn1)C2. The van der Waals surface area contributed by atoms with E-state index in [-0.39, 0.29) is 10.7 Å². The molecule has 0 aromatic carbocycles. The smallest absolute Gasteiger partial charge is 0.274 e. The number of carbonyl (C=O) groups is 1.